The van der Waals surface area contributed by atoms with Crippen LogP contribution in [0, 0.1) is 22.7 Å². The number of anilines is 1. The lowest BCUT2D eigenvalue weighted by Crippen LogP contribution is -2.33. The van der Waals surface area contributed by atoms with Gasteiger partial charge in [0.1, 0.15) is 18.0 Å². The summed E-state index contributed by atoms with van der Waals surface area (Å²) in [5.74, 6) is -0.193. The lowest BCUT2D eigenvalue weighted by Gasteiger charge is -2.20. The number of para-hydroxylation sites is 1. The minimum absolute atomic E-state index is 0.133. The summed E-state index contributed by atoms with van der Waals surface area (Å²) in [6.45, 7) is 0. The van der Waals surface area contributed by atoms with E-state index in [-0.39, 0.29) is 17.3 Å². The Morgan fingerprint density at radius 3 is 2.50 bits per heavy atom. The highest BCUT2D eigenvalue weighted by atomic mass is 16.1. The van der Waals surface area contributed by atoms with Gasteiger partial charge in [-0.15, -0.1) is 0 Å². The minimum atomic E-state index is -0.327. The average Bonchev–Trinajstić information content (AvgIpc) is 2.31. The van der Waals surface area contributed by atoms with Crippen LogP contribution in [0.4, 0.5) is 5.69 Å². The van der Waals surface area contributed by atoms with Crippen LogP contribution in [0.2, 0.25) is 0 Å². The molecule has 0 unspecified atom stereocenters. The van der Waals surface area contributed by atoms with Gasteiger partial charge in [0.15, 0.2) is 5.57 Å². The third kappa shape index (κ3) is 1.47. The number of hydrogen-bond donors (Lipinski definition) is 2. The van der Waals surface area contributed by atoms with Gasteiger partial charge in [0.2, 0.25) is 0 Å². The van der Waals surface area contributed by atoms with Gasteiger partial charge in [0.25, 0.3) is 5.91 Å². The van der Waals surface area contributed by atoms with E-state index in [0.29, 0.717) is 11.3 Å². The van der Waals surface area contributed by atoms with E-state index in [4.69, 9.17) is 10.5 Å². The highest BCUT2D eigenvalue weighted by Crippen LogP contribution is 2.21. The van der Waals surface area contributed by atoms with Gasteiger partial charge in [0.05, 0.1) is 11.3 Å². The number of rotatable bonds is 0. The van der Waals surface area contributed by atoms with Gasteiger partial charge >= 0.3 is 0 Å². The van der Waals surface area contributed by atoms with E-state index in [9.17, 15) is 4.79 Å². The first-order valence-electron chi connectivity index (χ1n) is 4.48. The van der Waals surface area contributed by atoms with Gasteiger partial charge in [0, 0.05) is 0 Å². The number of allylic oxidation sites excluding steroid dienone is 1. The average molecular weight is 210 g/mol. The number of nitriles is 2. The second-order valence-electron chi connectivity index (χ2n) is 3.10. The molecule has 1 heterocycles. The van der Waals surface area contributed by atoms with Crippen LogP contribution >= 0.6 is 0 Å². The molecule has 1 amide bonds. The SMILES string of the molecule is N#CC(C#N)=C1NC(=O)c2ccccc2N1. The summed E-state index contributed by atoms with van der Waals surface area (Å²) in [5.41, 5.74) is 0.925. The fourth-order valence-corrected chi connectivity index (χ4v) is 1.40. The van der Waals surface area contributed by atoms with Gasteiger partial charge < -0.3 is 10.6 Å². The van der Waals surface area contributed by atoms with Gasteiger partial charge in [-0.2, -0.15) is 10.5 Å². The Bertz CT molecular complexity index is 558. The second kappa shape index (κ2) is 3.76. The van der Waals surface area contributed by atoms with Crippen molar-refractivity contribution >= 4 is 11.6 Å². The molecule has 0 bridgehead atoms. The maximum absolute atomic E-state index is 11.6. The quantitative estimate of drug-likeness (QED) is 0.627. The number of hydrogen-bond acceptors (Lipinski definition) is 4. The number of benzene rings is 1. The monoisotopic (exact) mass is 210 g/mol. The summed E-state index contributed by atoms with van der Waals surface area (Å²) in [4.78, 5) is 11.6. The summed E-state index contributed by atoms with van der Waals surface area (Å²) in [6, 6.07) is 10.3. The lowest BCUT2D eigenvalue weighted by atomic mass is 10.1. The van der Waals surface area contributed by atoms with Crippen molar-refractivity contribution in [2.45, 2.75) is 0 Å². The number of nitrogens with one attached hydrogen (secondary N) is 2. The molecule has 16 heavy (non-hydrogen) atoms. The van der Waals surface area contributed by atoms with Crippen molar-refractivity contribution in [3.05, 3.63) is 41.2 Å². The first kappa shape index (κ1) is 9.75. The Morgan fingerprint density at radius 1 is 1.12 bits per heavy atom. The van der Waals surface area contributed by atoms with E-state index in [1.54, 1.807) is 36.4 Å². The molecule has 76 valence electrons. The lowest BCUT2D eigenvalue weighted by molar-refractivity contribution is 0.0963. The summed E-state index contributed by atoms with van der Waals surface area (Å²) in [6.07, 6.45) is 0. The Hall–Kier alpha value is -2.79. The largest absolute Gasteiger partial charge is 0.339 e. The topological polar surface area (TPSA) is 88.7 Å². The normalized spacial score (nSPS) is 12.6. The highest BCUT2D eigenvalue weighted by molar-refractivity contribution is 6.03. The van der Waals surface area contributed by atoms with E-state index >= 15 is 0 Å². The second-order valence-corrected chi connectivity index (χ2v) is 3.10. The molecule has 1 aromatic rings. The molecular formula is C11H6N4O. The van der Waals surface area contributed by atoms with Crippen LogP contribution in [-0.2, 0) is 0 Å². The predicted octanol–water partition coefficient (Wildman–Crippen LogP) is 1.10. The zero-order valence-corrected chi connectivity index (χ0v) is 8.11. The molecule has 0 radical (unpaired) electrons. The molecule has 2 rings (SSSR count). The van der Waals surface area contributed by atoms with Crippen molar-refractivity contribution < 1.29 is 4.79 Å². The Morgan fingerprint density at radius 2 is 1.81 bits per heavy atom. The maximum atomic E-state index is 11.6. The van der Waals surface area contributed by atoms with Crippen molar-refractivity contribution in [1.82, 2.24) is 5.32 Å². The van der Waals surface area contributed by atoms with E-state index in [1.165, 1.54) is 0 Å². The molecule has 0 aliphatic carbocycles. The van der Waals surface area contributed by atoms with Crippen LogP contribution < -0.4 is 10.6 Å². The third-order valence-corrected chi connectivity index (χ3v) is 2.14. The van der Waals surface area contributed by atoms with E-state index in [2.05, 4.69) is 10.6 Å². The van der Waals surface area contributed by atoms with E-state index in [0.717, 1.165) is 0 Å². The number of carbonyl (C=O) groups excluding carboxylic acids is 1. The summed E-state index contributed by atoms with van der Waals surface area (Å²) >= 11 is 0. The van der Waals surface area contributed by atoms with E-state index in [1.807, 2.05) is 0 Å². The summed E-state index contributed by atoms with van der Waals surface area (Å²) in [5, 5.41) is 22.7. The summed E-state index contributed by atoms with van der Waals surface area (Å²) < 4.78 is 0. The fraction of sp³-hybridized carbons (Fsp3) is 0. The van der Waals surface area contributed by atoms with Crippen LogP contribution in [0.3, 0.4) is 0 Å². The highest BCUT2D eigenvalue weighted by Gasteiger charge is 2.21. The molecule has 1 aliphatic rings. The maximum Gasteiger partial charge on any atom is 0.258 e. The van der Waals surface area contributed by atoms with Gasteiger partial charge in [-0.1, -0.05) is 12.1 Å². The molecule has 5 heteroatoms. The molecule has 0 atom stereocenters. The first-order chi connectivity index (χ1) is 7.76. The van der Waals surface area contributed by atoms with Crippen LogP contribution in [-0.4, -0.2) is 5.91 Å². The molecule has 0 fully saturated rings. The number of carbonyl (C=O) groups is 1. The molecular weight excluding hydrogens is 204 g/mol. The number of fused-ring (bicyclic) bond motifs is 1. The van der Waals surface area contributed by atoms with Crippen LogP contribution in [0.5, 0.6) is 0 Å². The zero-order valence-electron chi connectivity index (χ0n) is 8.11. The molecule has 5 nitrogen and oxygen atoms in total. The molecule has 0 aromatic heterocycles. The summed E-state index contributed by atoms with van der Waals surface area (Å²) in [7, 11) is 0. The number of nitrogens with zero attached hydrogens (tertiary/aromatic N) is 2. The molecule has 1 aromatic carbocycles. The van der Waals surface area contributed by atoms with Crippen molar-refractivity contribution in [3.8, 4) is 12.1 Å². The number of amides is 1. The van der Waals surface area contributed by atoms with Crippen molar-refractivity contribution in [2.24, 2.45) is 0 Å². The van der Waals surface area contributed by atoms with Crippen LogP contribution in [0.15, 0.2) is 35.7 Å². The third-order valence-electron chi connectivity index (χ3n) is 2.14. The Balaban J connectivity index is 2.52. The van der Waals surface area contributed by atoms with Crippen LogP contribution in [0.1, 0.15) is 10.4 Å². The Kier molecular flexibility index (Phi) is 2.29. The van der Waals surface area contributed by atoms with Gasteiger partial charge in [-0.3, -0.25) is 4.79 Å². The predicted molar refractivity (Wildman–Crippen MR) is 55.8 cm³/mol. The molecule has 0 saturated carbocycles. The van der Waals surface area contributed by atoms with Gasteiger partial charge in [-0.05, 0) is 12.1 Å². The van der Waals surface area contributed by atoms with Gasteiger partial charge in [-0.25, -0.2) is 0 Å². The van der Waals surface area contributed by atoms with E-state index < -0.39 is 0 Å². The first-order valence-corrected chi connectivity index (χ1v) is 4.48. The molecule has 0 saturated heterocycles. The standard InChI is InChI=1S/C11H6N4O/c12-5-7(6-13)10-14-9-4-2-1-3-8(9)11(16)15-10/h1-4,14H,(H,15,16). The van der Waals surface area contributed by atoms with Crippen molar-refractivity contribution in [2.75, 3.05) is 5.32 Å². The zero-order chi connectivity index (χ0) is 11.5. The van der Waals surface area contributed by atoms with Crippen LogP contribution in [0.25, 0.3) is 0 Å². The molecule has 2 N–H and O–H groups in total. The smallest absolute Gasteiger partial charge is 0.258 e. The van der Waals surface area contributed by atoms with Crippen molar-refractivity contribution in [3.63, 3.8) is 0 Å². The van der Waals surface area contributed by atoms with Crippen molar-refractivity contribution in [1.29, 1.82) is 10.5 Å². The fourth-order valence-electron chi connectivity index (χ4n) is 1.40. The molecule has 1 aliphatic heterocycles. The molecule has 0 spiro atoms. The minimum Gasteiger partial charge on any atom is -0.339 e. The Labute approximate surface area is 91.6 Å².